The van der Waals surface area contributed by atoms with Gasteiger partial charge in [0.05, 0.1) is 12.2 Å². The third-order valence-corrected chi connectivity index (χ3v) is 2.69. The summed E-state index contributed by atoms with van der Waals surface area (Å²) in [7, 11) is 1.69. The van der Waals surface area contributed by atoms with Crippen molar-refractivity contribution >= 4 is 30.6 Å². The highest BCUT2D eigenvalue weighted by molar-refractivity contribution is 5.85. The number of nitrogens with zero attached hydrogens (tertiary/aromatic N) is 1. The van der Waals surface area contributed by atoms with E-state index in [-0.39, 0.29) is 30.9 Å². The van der Waals surface area contributed by atoms with Gasteiger partial charge < -0.3 is 20.9 Å². The first-order valence-electron chi connectivity index (χ1n) is 5.80. The average Bonchev–Trinajstić information content (AvgIpc) is 2.35. The monoisotopic (exact) mass is 311 g/mol. The Bertz CT molecular complexity index is 321. The summed E-state index contributed by atoms with van der Waals surface area (Å²) >= 11 is 0. The number of methoxy groups -OCH3 is 1. The van der Waals surface area contributed by atoms with Gasteiger partial charge in [0.15, 0.2) is 0 Å². The van der Waals surface area contributed by atoms with Gasteiger partial charge >= 0.3 is 0 Å². The minimum absolute atomic E-state index is 0. The number of pyridine rings is 1. The van der Waals surface area contributed by atoms with Crippen molar-refractivity contribution in [2.24, 2.45) is 0 Å². The molecule has 1 aromatic rings. The largest absolute Gasteiger partial charge is 0.387 e. The minimum atomic E-state index is -0.572. The number of hydrogen-bond donors (Lipinski definition) is 3. The molecule has 0 spiro atoms. The number of aliphatic hydroxyl groups excluding tert-OH is 1. The third-order valence-electron chi connectivity index (χ3n) is 2.69. The molecule has 0 aliphatic carbocycles. The molecular formula is C12H23Cl2N3O2. The second-order valence-electron chi connectivity index (χ2n) is 3.96. The zero-order valence-corrected chi connectivity index (χ0v) is 12.8. The van der Waals surface area contributed by atoms with Crippen LogP contribution in [0.1, 0.15) is 25.0 Å². The van der Waals surface area contributed by atoms with E-state index in [1.165, 1.54) is 0 Å². The van der Waals surface area contributed by atoms with Crippen LogP contribution in [0.2, 0.25) is 0 Å². The molecule has 1 heterocycles. The number of nitrogen functional groups attached to an aromatic ring is 1. The maximum atomic E-state index is 9.89. The molecule has 0 aliphatic heterocycles. The quantitative estimate of drug-likeness (QED) is 0.712. The SMILES string of the molecule is CCC(CNCC(O)c1ccc(N)nc1)OC.Cl.Cl. The highest BCUT2D eigenvalue weighted by atomic mass is 35.5. The summed E-state index contributed by atoms with van der Waals surface area (Å²) in [4.78, 5) is 3.94. The highest BCUT2D eigenvalue weighted by Crippen LogP contribution is 2.11. The third kappa shape index (κ3) is 7.54. The highest BCUT2D eigenvalue weighted by Gasteiger charge is 2.09. The van der Waals surface area contributed by atoms with Gasteiger partial charge in [-0.15, -0.1) is 24.8 Å². The van der Waals surface area contributed by atoms with Gasteiger partial charge in [0.25, 0.3) is 0 Å². The van der Waals surface area contributed by atoms with E-state index >= 15 is 0 Å². The molecule has 0 saturated carbocycles. The lowest BCUT2D eigenvalue weighted by atomic mass is 10.1. The lowest BCUT2D eigenvalue weighted by Crippen LogP contribution is -2.31. The normalized spacial score (nSPS) is 13.0. The Hall–Kier alpha value is -0.590. The molecule has 112 valence electrons. The van der Waals surface area contributed by atoms with Crippen molar-refractivity contribution in [3.8, 4) is 0 Å². The van der Waals surface area contributed by atoms with E-state index in [0.717, 1.165) is 18.5 Å². The van der Waals surface area contributed by atoms with Crippen LogP contribution in [-0.2, 0) is 4.74 Å². The van der Waals surface area contributed by atoms with Gasteiger partial charge in [0.1, 0.15) is 5.82 Å². The zero-order valence-electron chi connectivity index (χ0n) is 11.2. The molecule has 1 aromatic heterocycles. The van der Waals surface area contributed by atoms with Gasteiger partial charge in [0.2, 0.25) is 0 Å². The summed E-state index contributed by atoms with van der Waals surface area (Å²) in [5.41, 5.74) is 6.24. The molecule has 7 heteroatoms. The van der Waals surface area contributed by atoms with Crippen LogP contribution in [0.3, 0.4) is 0 Å². The topological polar surface area (TPSA) is 80.4 Å². The summed E-state index contributed by atoms with van der Waals surface area (Å²) in [6, 6.07) is 3.46. The van der Waals surface area contributed by atoms with E-state index in [9.17, 15) is 5.11 Å². The molecule has 5 nitrogen and oxygen atoms in total. The molecule has 0 saturated heterocycles. The number of hydrogen-bond acceptors (Lipinski definition) is 5. The fraction of sp³-hybridized carbons (Fsp3) is 0.583. The first-order valence-corrected chi connectivity index (χ1v) is 5.80. The second kappa shape index (κ2) is 11.3. The zero-order chi connectivity index (χ0) is 12.7. The summed E-state index contributed by atoms with van der Waals surface area (Å²) in [5, 5.41) is 13.1. The van der Waals surface area contributed by atoms with Gasteiger partial charge in [-0.05, 0) is 12.5 Å². The van der Waals surface area contributed by atoms with Crippen molar-refractivity contribution in [3.63, 3.8) is 0 Å². The molecule has 0 fully saturated rings. The van der Waals surface area contributed by atoms with Crippen LogP contribution >= 0.6 is 24.8 Å². The number of nitrogens with two attached hydrogens (primary N) is 1. The fourth-order valence-electron chi connectivity index (χ4n) is 1.51. The summed E-state index contributed by atoms with van der Waals surface area (Å²) in [6.45, 7) is 3.27. The molecule has 0 aromatic carbocycles. The predicted octanol–water partition coefficient (Wildman–Crippen LogP) is 1.56. The number of ether oxygens (including phenoxy) is 1. The molecule has 19 heavy (non-hydrogen) atoms. The number of aliphatic hydroxyl groups is 1. The number of aromatic nitrogens is 1. The van der Waals surface area contributed by atoms with E-state index in [1.807, 2.05) is 0 Å². The van der Waals surface area contributed by atoms with Crippen molar-refractivity contribution in [1.82, 2.24) is 10.3 Å². The molecular weight excluding hydrogens is 289 g/mol. The van der Waals surface area contributed by atoms with Crippen LogP contribution in [0.15, 0.2) is 18.3 Å². The smallest absolute Gasteiger partial charge is 0.123 e. The first kappa shape index (κ1) is 20.7. The molecule has 0 bridgehead atoms. The van der Waals surface area contributed by atoms with Crippen molar-refractivity contribution < 1.29 is 9.84 Å². The van der Waals surface area contributed by atoms with Crippen LogP contribution in [-0.4, -0.2) is 36.4 Å². The van der Waals surface area contributed by atoms with Gasteiger partial charge in [-0.2, -0.15) is 0 Å². The van der Waals surface area contributed by atoms with Crippen molar-refractivity contribution in [3.05, 3.63) is 23.9 Å². The van der Waals surface area contributed by atoms with Crippen molar-refractivity contribution in [1.29, 1.82) is 0 Å². The molecule has 2 atom stereocenters. The fourth-order valence-corrected chi connectivity index (χ4v) is 1.51. The lowest BCUT2D eigenvalue weighted by molar-refractivity contribution is 0.0926. The Morgan fingerprint density at radius 2 is 2.05 bits per heavy atom. The molecule has 0 radical (unpaired) electrons. The van der Waals surface area contributed by atoms with Crippen molar-refractivity contribution in [2.75, 3.05) is 25.9 Å². The van der Waals surface area contributed by atoms with E-state index in [2.05, 4.69) is 17.2 Å². The first-order chi connectivity index (χ1) is 8.17. The molecule has 4 N–H and O–H groups in total. The Morgan fingerprint density at radius 1 is 1.37 bits per heavy atom. The van der Waals surface area contributed by atoms with Crippen LogP contribution < -0.4 is 11.1 Å². The van der Waals surface area contributed by atoms with E-state index in [4.69, 9.17) is 10.5 Å². The molecule has 2 unspecified atom stereocenters. The standard InChI is InChI=1S/C12H21N3O2.2ClH/c1-3-10(17-2)7-14-8-11(16)9-4-5-12(13)15-6-9;;/h4-6,10-11,14,16H,3,7-8H2,1-2H3,(H2,13,15);2*1H. The summed E-state index contributed by atoms with van der Waals surface area (Å²) in [6.07, 6.45) is 2.16. The Labute approximate surface area is 126 Å². The second-order valence-corrected chi connectivity index (χ2v) is 3.96. The average molecular weight is 312 g/mol. The van der Waals surface area contributed by atoms with Crippen LogP contribution in [0.25, 0.3) is 0 Å². The van der Waals surface area contributed by atoms with Gasteiger partial charge in [-0.25, -0.2) is 4.98 Å². The lowest BCUT2D eigenvalue weighted by Gasteiger charge is -2.16. The van der Waals surface area contributed by atoms with Gasteiger partial charge in [-0.1, -0.05) is 13.0 Å². The number of rotatable bonds is 7. The maximum Gasteiger partial charge on any atom is 0.123 e. The number of anilines is 1. The number of halogens is 2. The molecule has 0 amide bonds. The summed E-state index contributed by atoms with van der Waals surface area (Å²) < 4.78 is 5.23. The van der Waals surface area contributed by atoms with Crippen LogP contribution in [0, 0.1) is 0 Å². The van der Waals surface area contributed by atoms with E-state index < -0.39 is 6.10 Å². The van der Waals surface area contributed by atoms with Crippen molar-refractivity contribution in [2.45, 2.75) is 25.6 Å². The van der Waals surface area contributed by atoms with E-state index in [0.29, 0.717) is 12.4 Å². The number of nitrogens with one attached hydrogen (secondary N) is 1. The van der Waals surface area contributed by atoms with Crippen LogP contribution in [0.5, 0.6) is 0 Å². The Kier molecular flexibility index (Phi) is 12.3. The predicted molar refractivity (Wildman–Crippen MR) is 82.1 cm³/mol. The summed E-state index contributed by atoms with van der Waals surface area (Å²) in [5.74, 6) is 0.458. The van der Waals surface area contributed by atoms with Gasteiger partial charge in [0, 0.05) is 32.0 Å². The Balaban J connectivity index is 0. The Morgan fingerprint density at radius 3 is 2.53 bits per heavy atom. The van der Waals surface area contributed by atoms with E-state index in [1.54, 1.807) is 25.4 Å². The maximum absolute atomic E-state index is 9.89. The minimum Gasteiger partial charge on any atom is -0.387 e. The van der Waals surface area contributed by atoms with Gasteiger partial charge in [-0.3, -0.25) is 0 Å². The molecule has 0 aliphatic rings. The molecule has 1 rings (SSSR count). The van der Waals surface area contributed by atoms with Crippen LogP contribution in [0.4, 0.5) is 5.82 Å².